The van der Waals surface area contributed by atoms with Gasteiger partial charge in [-0.3, -0.25) is 9.69 Å². The lowest BCUT2D eigenvalue weighted by Crippen LogP contribution is -2.37. The second kappa shape index (κ2) is 7.41. The molecule has 1 fully saturated rings. The van der Waals surface area contributed by atoms with Gasteiger partial charge in [-0.15, -0.1) is 12.6 Å². The smallest absolute Gasteiger partial charge is 0.226 e. The molecule has 1 N–H and O–H groups in total. The van der Waals surface area contributed by atoms with E-state index in [4.69, 9.17) is 4.74 Å². The molecule has 118 valence electrons. The van der Waals surface area contributed by atoms with E-state index in [0.717, 1.165) is 54.4 Å². The van der Waals surface area contributed by atoms with Crippen LogP contribution in [0.1, 0.15) is 12.8 Å². The number of hydrogen-bond donors (Lipinski definition) is 2. The van der Waals surface area contributed by atoms with Crippen LogP contribution in [0.4, 0.5) is 5.13 Å². The highest BCUT2D eigenvalue weighted by atomic mass is 32.1. The fourth-order valence-electron chi connectivity index (χ4n) is 2.44. The van der Waals surface area contributed by atoms with Crippen molar-refractivity contribution in [3.8, 4) is 0 Å². The quantitative estimate of drug-likeness (QED) is 0.824. The maximum absolute atomic E-state index is 12.0. The van der Waals surface area contributed by atoms with Crippen molar-refractivity contribution in [2.75, 3.05) is 38.2 Å². The van der Waals surface area contributed by atoms with E-state index in [9.17, 15) is 4.79 Å². The minimum absolute atomic E-state index is 0.0263. The zero-order chi connectivity index (χ0) is 15.4. The van der Waals surface area contributed by atoms with Crippen molar-refractivity contribution in [2.45, 2.75) is 17.7 Å². The molecule has 5 nitrogen and oxygen atoms in total. The third-order valence-corrected chi connectivity index (χ3v) is 4.81. The summed E-state index contributed by atoms with van der Waals surface area (Å²) in [5.41, 5.74) is 0.895. The topological polar surface area (TPSA) is 54.5 Å². The Kier molecular flexibility index (Phi) is 5.30. The maximum atomic E-state index is 12.0. The summed E-state index contributed by atoms with van der Waals surface area (Å²) in [5, 5.41) is 3.55. The Morgan fingerprint density at radius 3 is 3.05 bits per heavy atom. The molecule has 0 radical (unpaired) electrons. The van der Waals surface area contributed by atoms with E-state index >= 15 is 0 Å². The average Bonchev–Trinajstić information content (AvgIpc) is 2.89. The summed E-state index contributed by atoms with van der Waals surface area (Å²) < 4.78 is 6.35. The summed E-state index contributed by atoms with van der Waals surface area (Å²) in [6, 6.07) is 5.78. The first-order chi connectivity index (χ1) is 10.7. The van der Waals surface area contributed by atoms with Gasteiger partial charge in [0.2, 0.25) is 5.91 Å². The molecule has 1 saturated heterocycles. The molecule has 1 aromatic carbocycles. The van der Waals surface area contributed by atoms with E-state index in [2.05, 4.69) is 27.8 Å². The van der Waals surface area contributed by atoms with Gasteiger partial charge in [0.05, 0.1) is 23.4 Å². The maximum Gasteiger partial charge on any atom is 0.226 e. The first-order valence-corrected chi connectivity index (χ1v) is 8.66. The SMILES string of the molecule is O=C(CCCN1CCOCC1)Nc1nc2ccc(S)cc2s1. The molecule has 1 amide bonds. The summed E-state index contributed by atoms with van der Waals surface area (Å²) in [6.45, 7) is 4.47. The number of carbonyl (C=O) groups is 1. The van der Waals surface area contributed by atoms with Crippen LogP contribution in [0.25, 0.3) is 10.2 Å². The zero-order valence-corrected chi connectivity index (χ0v) is 14.0. The molecule has 1 aromatic heterocycles. The molecule has 0 spiro atoms. The molecule has 0 atom stereocenters. The van der Waals surface area contributed by atoms with Crippen LogP contribution >= 0.6 is 24.0 Å². The largest absolute Gasteiger partial charge is 0.379 e. The molecular formula is C15H19N3O2S2. The molecule has 0 unspecified atom stereocenters. The van der Waals surface area contributed by atoms with Gasteiger partial charge in [0, 0.05) is 24.4 Å². The summed E-state index contributed by atoms with van der Waals surface area (Å²) in [5.74, 6) is 0.0263. The van der Waals surface area contributed by atoms with Crippen LogP contribution in [0, 0.1) is 0 Å². The summed E-state index contributed by atoms with van der Waals surface area (Å²) >= 11 is 5.80. The lowest BCUT2D eigenvalue weighted by atomic mass is 10.2. The first-order valence-electron chi connectivity index (χ1n) is 7.40. The van der Waals surface area contributed by atoms with E-state index in [0.29, 0.717) is 11.6 Å². The van der Waals surface area contributed by atoms with E-state index in [1.54, 1.807) is 0 Å². The van der Waals surface area contributed by atoms with Crippen molar-refractivity contribution in [1.82, 2.24) is 9.88 Å². The first kappa shape index (κ1) is 15.7. The minimum atomic E-state index is 0.0263. The van der Waals surface area contributed by atoms with Crippen molar-refractivity contribution in [3.05, 3.63) is 18.2 Å². The summed E-state index contributed by atoms with van der Waals surface area (Å²) in [6.07, 6.45) is 1.38. The van der Waals surface area contributed by atoms with Gasteiger partial charge in [0.25, 0.3) is 0 Å². The number of aromatic nitrogens is 1. The average molecular weight is 337 g/mol. The number of amides is 1. The highest BCUT2D eigenvalue weighted by molar-refractivity contribution is 7.80. The van der Waals surface area contributed by atoms with E-state index < -0.39 is 0 Å². The lowest BCUT2D eigenvalue weighted by molar-refractivity contribution is -0.116. The van der Waals surface area contributed by atoms with Crippen LogP contribution < -0.4 is 5.32 Å². The van der Waals surface area contributed by atoms with Crippen molar-refractivity contribution in [3.63, 3.8) is 0 Å². The van der Waals surface area contributed by atoms with Gasteiger partial charge in [0.15, 0.2) is 5.13 Å². The van der Waals surface area contributed by atoms with Gasteiger partial charge in [0.1, 0.15) is 0 Å². The molecular weight excluding hydrogens is 318 g/mol. The molecule has 0 bridgehead atoms. The van der Waals surface area contributed by atoms with Crippen molar-refractivity contribution in [1.29, 1.82) is 0 Å². The number of thiol groups is 1. The Morgan fingerprint density at radius 1 is 1.41 bits per heavy atom. The standard InChI is InChI=1S/C15H19N3O2S2/c19-14(2-1-5-18-6-8-20-9-7-18)17-15-16-12-4-3-11(21)10-13(12)22-15/h3-4,10,21H,1-2,5-9H2,(H,16,17,19). The van der Waals surface area contributed by atoms with Gasteiger partial charge in [-0.2, -0.15) is 0 Å². The predicted octanol–water partition coefficient (Wildman–Crippen LogP) is 2.64. The Morgan fingerprint density at radius 2 is 2.23 bits per heavy atom. The monoisotopic (exact) mass is 337 g/mol. The highest BCUT2D eigenvalue weighted by Crippen LogP contribution is 2.27. The molecule has 1 aliphatic heterocycles. The number of carbonyl (C=O) groups excluding carboxylic acids is 1. The number of anilines is 1. The van der Waals surface area contributed by atoms with Crippen molar-refractivity contribution in [2.24, 2.45) is 0 Å². The van der Waals surface area contributed by atoms with Gasteiger partial charge in [-0.25, -0.2) is 4.98 Å². The Hall–Kier alpha value is -1.15. The molecule has 7 heteroatoms. The third kappa shape index (κ3) is 4.19. The fraction of sp³-hybridized carbons (Fsp3) is 0.467. The molecule has 22 heavy (non-hydrogen) atoms. The number of fused-ring (bicyclic) bond motifs is 1. The van der Waals surface area contributed by atoms with Crippen LogP contribution in [0.15, 0.2) is 23.1 Å². The second-order valence-electron chi connectivity index (χ2n) is 5.28. The van der Waals surface area contributed by atoms with Crippen LogP contribution in [-0.4, -0.2) is 48.6 Å². The van der Waals surface area contributed by atoms with Crippen LogP contribution in [0.5, 0.6) is 0 Å². The second-order valence-corrected chi connectivity index (χ2v) is 6.82. The number of nitrogens with one attached hydrogen (secondary N) is 1. The predicted molar refractivity (Wildman–Crippen MR) is 92.0 cm³/mol. The van der Waals surface area contributed by atoms with Crippen LogP contribution in [0.3, 0.4) is 0 Å². The van der Waals surface area contributed by atoms with Gasteiger partial charge < -0.3 is 10.1 Å². The number of benzene rings is 1. The van der Waals surface area contributed by atoms with Gasteiger partial charge >= 0.3 is 0 Å². The zero-order valence-electron chi connectivity index (χ0n) is 12.2. The molecule has 0 aliphatic carbocycles. The normalized spacial score (nSPS) is 16.0. The Balaban J connectivity index is 1.47. The van der Waals surface area contributed by atoms with Crippen LogP contribution in [0.2, 0.25) is 0 Å². The number of hydrogen-bond acceptors (Lipinski definition) is 6. The Bertz CT molecular complexity index is 653. The molecule has 1 aliphatic rings. The van der Waals surface area contributed by atoms with Crippen molar-refractivity contribution >= 4 is 45.2 Å². The number of rotatable bonds is 5. The Labute approximate surface area is 139 Å². The van der Waals surface area contributed by atoms with Crippen LogP contribution in [-0.2, 0) is 9.53 Å². The fourth-order valence-corrected chi connectivity index (χ4v) is 3.65. The third-order valence-electron chi connectivity index (χ3n) is 3.60. The molecule has 2 heterocycles. The van der Waals surface area contributed by atoms with Crippen molar-refractivity contribution < 1.29 is 9.53 Å². The summed E-state index contributed by atoms with van der Waals surface area (Å²) in [7, 11) is 0. The van der Waals surface area contributed by atoms with Gasteiger partial charge in [-0.05, 0) is 31.2 Å². The molecule has 0 saturated carbocycles. The van der Waals surface area contributed by atoms with E-state index in [1.165, 1.54) is 11.3 Å². The number of nitrogens with zero attached hydrogens (tertiary/aromatic N) is 2. The number of thiazole rings is 1. The summed E-state index contributed by atoms with van der Waals surface area (Å²) in [4.78, 5) is 19.7. The highest BCUT2D eigenvalue weighted by Gasteiger charge is 2.12. The number of morpholine rings is 1. The minimum Gasteiger partial charge on any atom is -0.379 e. The molecule has 3 rings (SSSR count). The number of ether oxygens (including phenoxy) is 1. The molecule has 2 aromatic rings. The van der Waals surface area contributed by atoms with E-state index in [-0.39, 0.29) is 5.91 Å². The van der Waals surface area contributed by atoms with E-state index in [1.807, 2.05) is 18.2 Å². The van der Waals surface area contributed by atoms with Gasteiger partial charge in [-0.1, -0.05) is 11.3 Å². The lowest BCUT2D eigenvalue weighted by Gasteiger charge is -2.26.